The van der Waals surface area contributed by atoms with Gasteiger partial charge in [-0.15, -0.1) is 0 Å². The molecule has 0 aromatic heterocycles. The lowest BCUT2D eigenvalue weighted by Crippen LogP contribution is -1.97. The van der Waals surface area contributed by atoms with Crippen LogP contribution in [0.2, 0.25) is 5.02 Å². The van der Waals surface area contributed by atoms with E-state index in [2.05, 4.69) is 4.40 Å². The van der Waals surface area contributed by atoms with Crippen molar-refractivity contribution in [3.05, 3.63) is 65.2 Å². The quantitative estimate of drug-likeness (QED) is 0.810. The number of nitrogens with zero attached hydrogens (tertiary/aromatic N) is 1. The van der Waals surface area contributed by atoms with Crippen LogP contribution in [0.5, 0.6) is 0 Å². The summed E-state index contributed by atoms with van der Waals surface area (Å²) in [7, 11) is -3.66. The van der Waals surface area contributed by atoms with E-state index in [9.17, 15) is 8.42 Å². The molecule has 2 aromatic rings. The molecule has 18 heavy (non-hydrogen) atoms. The summed E-state index contributed by atoms with van der Waals surface area (Å²) in [4.78, 5) is 0.160. The molecule has 0 saturated carbocycles. The molecule has 2 rings (SSSR count). The lowest BCUT2D eigenvalue weighted by molar-refractivity contribution is 0.598. The maximum Gasteiger partial charge on any atom is 0.282 e. The van der Waals surface area contributed by atoms with Crippen LogP contribution >= 0.6 is 11.6 Å². The molecule has 92 valence electrons. The van der Waals surface area contributed by atoms with Gasteiger partial charge in [-0.2, -0.15) is 12.8 Å². The monoisotopic (exact) mass is 279 g/mol. The molecule has 3 nitrogen and oxygen atoms in total. The highest BCUT2D eigenvalue weighted by Gasteiger charge is 2.10. The van der Waals surface area contributed by atoms with E-state index >= 15 is 0 Å². The lowest BCUT2D eigenvalue weighted by Gasteiger charge is -1.98. The van der Waals surface area contributed by atoms with Crippen LogP contribution in [0.15, 0.2) is 63.9 Å². The van der Waals surface area contributed by atoms with Gasteiger partial charge in [-0.05, 0) is 18.2 Å². The normalized spacial score (nSPS) is 11.8. The van der Waals surface area contributed by atoms with Crippen LogP contribution in [-0.2, 0) is 10.0 Å². The second-order valence-electron chi connectivity index (χ2n) is 3.54. The molecule has 0 amide bonds. The zero-order valence-electron chi connectivity index (χ0n) is 9.32. The van der Waals surface area contributed by atoms with Crippen LogP contribution in [0.3, 0.4) is 0 Å². The van der Waals surface area contributed by atoms with Gasteiger partial charge in [0.05, 0.1) is 4.90 Å². The van der Waals surface area contributed by atoms with Gasteiger partial charge in [-0.1, -0.05) is 48.0 Å². The van der Waals surface area contributed by atoms with Gasteiger partial charge in [0.1, 0.15) is 0 Å². The molecule has 0 saturated heterocycles. The largest absolute Gasteiger partial charge is 0.282 e. The van der Waals surface area contributed by atoms with E-state index in [1.54, 1.807) is 42.5 Å². The van der Waals surface area contributed by atoms with Crippen LogP contribution in [0.4, 0.5) is 0 Å². The Labute approximate surface area is 111 Å². The first kappa shape index (κ1) is 12.8. The van der Waals surface area contributed by atoms with E-state index in [4.69, 9.17) is 11.6 Å². The van der Waals surface area contributed by atoms with Crippen LogP contribution in [0.1, 0.15) is 5.56 Å². The SMILES string of the molecule is O=S(=O)(N=Cc1ccccc1Cl)c1ccccc1. The van der Waals surface area contributed by atoms with Gasteiger partial charge in [0.2, 0.25) is 0 Å². The first-order chi connectivity index (χ1) is 8.59. The summed E-state index contributed by atoms with van der Waals surface area (Å²) >= 11 is 5.91. The number of halogens is 1. The average Bonchev–Trinajstić information content (AvgIpc) is 2.39. The molecule has 0 radical (unpaired) electrons. The minimum atomic E-state index is -3.66. The summed E-state index contributed by atoms with van der Waals surface area (Å²) in [5.74, 6) is 0. The van der Waals surface area contributed by atoms with Crippen molar-refractivity contribution in [2.75, 3.05) is 0 Å². The molecule has 2 aromatic carbocycles. The van der Waals surface area contributed by atoms with Crippen molar-refractivity contribution in [3.8, 4) is 0 Å². The molecule has 0 aliphatic rings. The fourth-order valence-electron chi connectivity index (χ4n) is 1.36. The summed E-state index contributed by atoms with van der Waals surface area (Å²) in [6.07, 6.45) is 1.25. The number of sulfonamides is 1. The van der Waals surface area contributed by atoms with Crippen molar-refractivity contribution in [2.45, 2.75) is 4.90 Å². The van der Waals surface area contributed by atoms with E-state index in [1.807, 2.05) is 0 Å². The van der Waals surface area contributed by atoms with Crippen LogP contribution in [0, 0.1) is 0 Å². The summed E-state index contributed by atoms with van der Waals surface area (Å²) in [5.41, 5.74) is 0.568. The second-order valence-corrected chi connectivity index (χ2v) is 5.58. The Bertz CT molecular complexity index is 666. The molecule has 0 aliphatic heterocycles. The van der Waals surface area contributed by atoms with Gasteiger partial charge in [0.15, 0.2) is 0 Å². The highest BCUT2D eigenvalue weighted by molar-refractivity contribution is 7.90. The molecule has 0 spiro atoms. The zero-order chi connectivity index (χ0) is 13.0. The number of benzene rings is 2. The summed E-state index contributed by atoms with van der Waals surface area (Å²) in [6, 6.07) is 15.0. The predicted octanol–water partition coefficient (Wildman–Crippen LogP) is 3.15. The van der Waals surface area contributed by atoms with Crippen molar-refractivity contribution in [1.29, 1.82) is 0 Å². The first-order valence-corrected chi connectivity index (χ1v) is 7.01. The Kier molecular flexibility index (Phi) is 3.79. The number of rotatable bonds is 3. The molecule has 0 N–H and O–H groups in total. The lowest BCUT2D eigenvalue weighted by atomic mass is 10.2. The van der Waals surface area contributed by atoms with Gasteiger partial charge in [-0.3, -0.25) is 0 Å². The van der Waals surface area contributed by atoms with Crippen molar-refractivity contribution >= 4 is 27.8 Å². The average molecular weight is 280 g/mol. The van der Waals surface area contributed by atoms with Crippen LogP contribution in [-0.4, -0.2) is 14.6 Å². The number of hydrogen-bond donors (Lipinski definition) is 0. The van der Waals surface area contributed by atoms with Gasteiger partial charge in [0, 0.05) is 16.8 Å². The second kappa shape index (κ2) is 5.33. The Morgan fingerprint density at radius 3 is 2.22 bits per heavy atom. The van der Waals surface area contributed by atoms with Gasteiger partial charge >= 0.3 is 0 Å². The Morgan fingerprint density at radius 2 is 1.56 bits per heavy atom. The highest BCUT2D eigenvalue weighted by Crippen LogP contribution is 2.15. The highest BCUT2D eigenvalue weighted by atomic mass is 35.5. The fraction of sp³-hybridized carbons (Fsp3) is 0. The van der Waals surface area contributed by atoms with E-state index in [0.29, 0.717) is 10.6 Å². The smallest absolute Gasteiger partial charge is 0.199 e. The molecule has 0 fully saturated rings. The molecular formula is C13H10ClNO2S. The van der Waals surface area contributed by atoms with Crippen molar-refractivity contribution < 1.29 is 8.42 Å². The third-order valence-electron chi connectivity index (χ3n) is 2.28. The Morgan fingerprint density at radius 1 is 0.944 bits per heavy atom. The van der Waals surface area contributed by atoms with Crippen LogP contribution in [0.25, 0.3) is 0 Å². The first-order valence-electron chi connectivity index (χ1n) is 5.19. The molecule has 0 atom stereocenters. The zero-order valence-corrected chi connectivity index (χ0v) is 10.9. The fourth-order valence-corrected chi connectivity index (χ4v) is 2.42. The van der Waals surface area contributed by atoms with E-state index in [1.165, 1.54) is 18.3 Å². The summed E-state index contributed by atoms with van der Waals surface area (Å²) in [5, 5.41) is 0.463. The van der Waals surface area contributed by atoms with Gasteiger partial charge in [-0.25, -0.2) is 0 Å². The standard InChI is InChI=1S/C13H10ClNO2S/c14-13-9-5-4-6-11(13)10-15-18(16,17)12-7-2-1-3-8-12/h1-10H. The Balaban J connectivity index is 2.32. The predicted molar refractivity (Wildman–Crippen MR) is 72.7 cm³/mol. The van der Waals surface area contributed by atoms with E-state index < -0.39 is 10.0 Å². The Hall–Kier alpha value is -1.65. The van der Waals surface area contributed by atoms with Gasteiger partial charge in [0.25, 0.3) is 10.0 Å². The molecule has 0 heterocycles. The van der Waals surface area contributed by atoms with Crippen molar-refractivity contribution in [1.82, 2.24) is 0 Å². The third-order valence-corrected chi connectivity index (χ3v) is 3.87. The summed E-state index contributed by atoms with van der Waals surface area (Å²) < 4.78 is 27.4. The maximum absolute atomic E-state index is 11.9. The van der Waals surface area contributed by atoms with Crippen molar-refractivity contribution in [2.24, 2.45) is 4.40 Å². The summed E-state index contributed by atoms with van der Waals surface area (Å²) in [6.45, 7) is 0. The molecule has 0 aliphatic carbocycles. The topological polar surface area (TPSA) is 46.5 Å². The maximum atomic E-state index is 11.9. The minimum absolute atomic E-state index is 0.160. The number of hydrogen-bond acceptors (Lipinski definition) is 2. The molecule has 0 bridgehead atoms. The third kappa shape index (κ3) is 2.97. The van der Waals surface area contributed by atoms with Crippen LogP contribution < -0.4 is 0 Å². The molecule has 0 unspecified atom stereocenters. The van der Waals surface area contributed by atoms with E-state index in [0.717, 1.165) is 0 Å². The van der Waals surface area contributed by atoms with Crippen molar-refractivity contribution in [3.63, 3.8) is 0 Å². The van der Waals surface area contributed by atoms with E-state index in [-0.39, 0.29) is 4.90 Å². The molecule has 5 heteroatoms. The minimum Gasteiger partial charge on any atom is -0.199 e. The van der Waals surface area contributed by atoms with Gasteiger partial charge < -0.3 is 0 Å². The molecular weight excluding hydrogens is 270 g/mol.